The van der Waals surface area contributed by atoms with Crippen LogP contribution < -0.4 is 15.2 Å². The summed E-state index contributed by atoms with van der Waals surface area (Å²) in [6.07, 6.45) is 0.928. The van der Waals surface area contributed by atoms with Gasteiger partial charge in [-0.1, -0.05) is 6.92 Å². The molecule has 0 bridgehead atoms. The molecule has 5 nitrogen and oxygen atoms in total. The Morgan fingerprint density at radius 1 is 1.16 bits per heavy atom. The summed E-state index contributed by atoms with van der Waals surface area (Å²) in [6.45, 7) is 4.54. The third-order valence-corrected chi connectivity index (χ3v) is 2.35. The highest BCUT2D eigenvalue weighted by Gasteiger charge is 2.05. The predicted octanol–water partition coefficient (Wildman–Crippen LogP) is 2.95. The van der Waals surface area contributed by atoms with E-state index in [0.717, 1.165) is 12.1 Å². The Labute approximate surface area is 112 Å². The Morgan fingerprint density at radius 2 is 1.89 bits per heavy atom. The maximum Gasteiger partial charge on any atom is 0.325 e. The van der Waals surface area contributed by atoms with Crippen molar-refractivity contribution in [2.45, 2.75) is 20.3 Å². The van der Waals surface area contributed by atoms with Crippen LogP contribution in [0.15, 0.2) is 30.3 Å². The van der Waals surface area contributed by atoms with E-state index >= 15 is 0 Å². The number of aryl methyl sites for hydroxylation is 1. The van der Waals surface area contributed by atoms with Crippen LogP contribution in [0.3, 0.4) is 0 Å². The molecule has 0 amide bonds. The van der Waals surface area contributed by atoms with E-state index in [4.69, 9.17) is 15.2 Å². The minimum atomic E-state index is 0.274. The highest BCUT2D eigenvalue weighted by Crippen LogP contribution is 2.21. The van der Waals surface area contributed by atoms with Gasteiger partial charge in [-0.3, -0.25) is 0 Å². The first-order chi connectivity index (χ1) is 9.17. The Hall–Kier alpha value is -2.30. The van der Waals surface area contributed by atoms with Gasteiger partial charge >= 0.3 is 6.01 Å². The number of hydrogen-bond acceptors (Lipinski definition) is 5. The first-order valence-corrected chi connectivity index (χ1v) is 6.19. The molecule has 2 aromatic rings. The fourth-order valence-electron chi connectivity index (χ4n) is 1.48. The smallest absolute Gasteiger partial charge is 0.325 e. The molecule has 1 heterocycles. The van der Waals surface area contributed by atoms with Gasteiger partial charge in [0.15, 0.2) is 0 Å². The molecule has 2 rings (SSSR count). The van der Waals surface area contributed by atoms with E-state index in [9.17, 15) is 0 Å². The quantitative estimate of drug-likeness (QED) is 0.836. The molecule has 100 valence electrons. The average Bonchev–Trinajstić information content (AvgIpc) is 2.38. The zero-order chi connectivity index (χ0) is 13.7. The van der Waals surface area contributed by atoms with Crippen molar-refractivity contribution in [3.8, 4) is 17.6 Å². The third kappa shape index (κ3) is 3.84. The first kappa shape index (κ1) is 13.1. The van der Waals surface area contributed by atoms with E-state index < -0.39 is 0 Å². The molecule has 0 spiro atoms. The Kier molecular flexibility index (Phi) is 4.18. The third-order valence-electron chi connectivity index (χ3n) is 2.35. The minimum Gasteiger partial charge on any atom is -0.478 e. The van der Waals surface area contributed by atoms with Gasteiger partial charge in [-0.2, -0.15) is 9.97 Å². The second-order valence-electron chi connectivity index (χ2n) is 4.15. The molecule has 0 radical (unpaired) electrons. The number of nitrogen functional groups attached to an aromatic ring is 1. The zero-order valence-corrected chi connectivity index (χ0v) is 11.1. The molecule has 0 unspecified atom stereocenters. The van der Waals surface area contributed by atoms with Crippen molar-refractivity contribution >= 4 is 5.69 Å². The van der Waals surface area contributed by atoms with Crippen LogP contribution in [0, 0.1) is 6.92 Å². The van der Waals surface area contributed by atoms with Crippen molar-refractivity contribution in [1.29, 1.82) is 0 Å². The fourth-order valence-corrected chi connectivity index (χ4v) is 1.48. The lowest BCUT2D eigenvalue weighted by atomic mass is 10.3. The molecule has 5 heteroatoms. The number of aromatic nitrogens is 2. The van der Waals surface area contributed by atoms with Crippen molar-refractivity contribution in [2.24, 2.45) is 0 Å². The SMILES string of the molecule is CCCOc1cc(C)nc(Oc2ccc(N)cc2)n1. The Bertz CT molecular complexity index is 541. The summed E-state index contributed by atoms with van der Waals surface area (Å²) in [5.41, 5.74) is 7.10. The number of benzene rings is 1. The van der Waals surface area contributed by atoms with E-state index in [1.165, 1.54) is 0 Å². The fraction of sp³-hybridized carbons (Fsp3) is 0.286. The maximum absolute atomic E-state index is 5.62. The summed E-state index contributed by atoms with van der Waals surface area (Å²) in [5.74, 6) is 1.17. The summed E-state index contributed by atoms with van der Waals surface area (Å²) in [5, 5.41) is 0. The summed E-state index contributed by atoms with van der Waals surface area (Å²) < 4.78 is 11.1. The lowest BCUT2D eigenvalue weighted by Gasteiger charge is -2.08. The number of rotatable bonds is 5. The molecule has 0 saturated heterocycles. The normalized spacial score (nSPS) is 10.2. The van der Waals surface area contributed by atoms with Gasteiger partial charge < -0.3 is 15.2 Å². The van der Waals surface area contributed by atoms with Gasteiger partial charge in [0.05, 0.1) is 6.61 Å². The van der Waals surface area contributed by atoms with Crippen LogP contribution in [0.25, 0.3) is 0 Å². The van der Waals surface area contributed by atoms with E-state index in [0.29, 0.717) is 23.9 Å². The van der Waals surface area contributed by atoms with Crippen LogP contribution in [0.5, 0.6) is 17.6 Å². The monoisotopic (exact) mass is 259 g/mol. The zero-order valence-electron chi connectivity index (χ0n) is 11.1. The van der Waals surface area contributed by atoms with Gasteiger partial charge in [0.25, 0.3) is 0 Å². The molecule has 0 aliphatic heterocycles. The predicted molar refractivity (Wildman–Crippen MR) is 73.5 cm³/mol. The number of anilines is 1. The van der Waals surface area contributed by atoms with Crippen LogP contribution in [-0.4, -0.2) is 16.6 Å². The lowest BCUT2D eigenvalue weighted by molar-refractivity contribution is 0.298. The van der Waals surface area contributed by atoms with Crippen molar-refractivity contribution in [2.75, 3.05) is 12.3 Å². The summed E-state index contributed by atoms with van der Waals surface area (Å²) in [7, 11) is 0. The molecule has 2 N–H and O–H groups in total. The maximum atomic E-state index is 5.62. The van der Waals surface area contributed by atoms with Crippen molar-refractivity contribution in [3.05, 3.63) is 36.0 Å². The van der Waals surface area contributed by atoms with Crippen molar-refractivity contribution in [1.82, 2.24) is 9.97 Å². The van der Waals surface area contributed by atoms with Crippen LogP contribution in [0.2, 0.25) is 0 Å². The van der Waals surface area contributed by atoms with Crippen LogP contribution in [0.1, 0.15) is 19.0 Å². The molecule has 0 fully saturated rings. The van der Waals surface area contributed by atoms with E-state index in [2.05, 4.69) is 9.97 Å². The number of ether oxygens (including phenoxy) is 2. The molecule has 0 atom stereocenters. The Morgan fingerprint density at radius 3 is 2.58 bits per heavy atom. The van der Waals surface area contributed by atoms with Crippen molar-refractivity contribution in [3.63, 3.8) is 0 Å². The van der Waals surface area contributed by atoms with Crippen LogP contribution in [0.4, 0.5) is 5.69 Å². The topological polar surface area (TPSA) is 70.3 Å². The molecule has 19 heavy (non-hydrogen) atoms. The molecule has 0 saturated carbocycles. The average molecular weight is 259 g/mol. The molecule has 1 aromatic heterocycles. The van der Waals surface area contributed by atoms with Crippen molar-refractivity contribution < 1.29 is 9.47 Å². The second-order valence-corrected chi connectivity index (χ2v) is 4.15. The summed E-state index contributed by atoms with van der Waals surface area (Å²) in [6, 6.07) is 9.13. The van der Waals surface area contributed by atoms with E-state index in [1.807, 2.05) is 13.8 Å². The van der Waals surface area contributed by atoms with Gasteiger partial charge in [-0.25, -0.2) is 0 Å². The van der Waals surface area contributed by atoms with Gasteiger partial charge in [0.2, 0.25) is 5.88 Å². The molecule has 0 aliphatic rings. The van der Waals surface area contributed by atoms with Gasteiger partial charge in [-0.05, 0) is 37.6 Å². The van der Waals surface area contributed by atoms with E-state index in [1.54, 1.807) is 30.3 Å². The standard InChI is InChI=1S/C14H17N3O2/c1-3-8-18-13-9-10(2)16-14(17-13)19-12-6-4-11(15)5-7-12/h4-7,9H,3,8,15H2,1-2H3. The number of hydrogen-bond donors (Lipinski definition) is 1. The summed E-state index contributed by atoms with van der Waals surface area (Å²) in [4.78, 5) is 8.42. The highest BCUT2D eigenvalue weighted by atomic mass is 16.5. The molecular weight excluding hydrogens is 242 g/mol. The summed E-state index contributed by atoms with van der Waals surface area (Å²) >= 11 is 0. The minimum absolute atomic E-state index is 0.274. The Balaban J connectivity index is 2.15. The van der Waals surface area contributed by atoms with Gasteiger partial charge in [0, 0.05) is 17.4 Å². The molecule has 1 aromatic carbocycles. The van der Waals surface area contributed by atoms with Crippen LogP contribution >= 0.6 is 0 Å². The number of nitrogens with zero attached hydrogens (tertiary/aromatic N) is 2. The molecule has 0 aliphatic carbocycles. The van der Waals surface area contributed by atoms with E-state index in [-0.39, 0.29) is 6.01 Å². The lowest BCUT2D eigenvalue weighted by Crippen LogP contribution is -2.01. The molecular formula is C14H17N3O2. The number of nitrogens with two attached hydrogens (primary N) is 1. The van der Waals surface area contributed by atoms with Crippen LogP contribution in [-0.2, 0) is 0 Å². The van der Waals surface area contributed by atoms with Gasteiger partial charge in [-0.15, -0.1) is 0 Å². The second kappa shape index (κ2) is 6.04. The largest absolute Gasteiger partial charge is 0.478 e. The van der Waals surface area contributed by atoms with Gasteiger partial charge in [0.1, 0.15) is 5.75 Å². The highest BCUT2D eigenvalue weighted by molar-refractivity contribution is 5.42. The first-order valence-electron chi connectivity index (χ1n) is 6.19.